The van der Waals surface area contributed by atoms with Gasteiger partial charge in [0.25, 0.3) is 0 Å². The Labute approximate surface area is 113 Å². The molecule has 0 saturated carbocycles. The van der Waals surface area contributed by atoms with Crippen molar-refractivity contribution in [3.63, 3.8) is 0 Å². The number of nitrogen functional groups attached to an aromatic ring is 1. The molecule has 104 valence electrons. The van der Waals surface area contributed by atoms with Crippen LogP contribution in [0, 0.1) is 0 Å². The zero-order valence-corrected chi connectivity index (χ0v) is 11.5. The van der Waals surface area contributed by atoms with Crippen LogP contribution in [0.15, 0.2) is 18.2 Å². The highest BCUT2D eigenvalue weighted by Crippen LogP contribution is 2.29. The fourth-order valence-corrected chi connectivity index (χ4v) is 2.41. The Morgan fingerprint density at radius 2 is 2.26 bits per heavy atom. The number of carbonyl (C=O) groups is 1. The fraction of sp³-hybridized carbons (Fsp3) is 0.500. The van der Waals surface area contributed by atoms with Crippen molar-refractivity contribution in [1.82, 2.24) is 5.32 Å². The summed E-state index contributed by atoms with van der Waals surface area (Å²) in [5, 5.41) is 2.90. The van der Waals surface area contributed by atoms with Gasteiger partial charge in [-0.2, -0.15) is 0 Å². The van der Waals surface area contributed by atoms with Crippen LogP contribution in [0.2, 0.25) is 0 Å². The van der Waals surface area contributed by atoms with Gasteiger partial charge in [-0.1, -0.05) is 6.92 Å². The van der Waals surface area contributed by atoms with Crippen LogP contribution in [0.3, 0.4) is 0 Å². The molecule has 1 aliphatic rings. The van der Waals surface area contributed by atoms with E-state index < -0.39 is 0 Å². The monoisotopic (exact) mass is 263 g/mol. The smallest absolute Gasteiger partial charge is 0.242 e. The molecule has 5 heteroatoms. The molecule has 1 saturated heterocycles. The number of nitrogens with two attached hydrogens (primary N) is 1. The second kappa shape index (κ2) is 5.82. The third-order valence-electron chi connectivity index (χ3n) is 3.35. The molecule has 0 aliphatic carbocycles. The van der Waals surface area contributed by atoms with Crippen molar-refractivity contribution in [2.75, 3.05) is 30.3 Å². The molecule has 1 aromatic rings. The van der Waals surface area contributed by atoms with Crippen molar-refractivity contribution >= 4 is 17.3 Å². The highest BCUT2D eigenvalue weighted by Gasteiger charge is 2.28. The van der Waals surface area contributed by atoms with Crippen LogP contribution in [0.4, 0.5) is 11.4 Å². The number of rotatable bonds is 4. The molecule has 3 N–H and O–H groups in total. The SMILES string of the molecule is CCOc1cc(N2CCNC(=O)C2CC)ccc1N. The van der Waals surface area contributed by atoms with Gasteiger partial charge in [-0.15, -0.1) is 0 Å². The van der Waals surface area contributed by atoms with E-state index in [1.54, 1.807) is 0 Å². The topological polar surface area (TPSA) is 67.6 Å². The predicted molar refractivity (Wildman–Crippen MR) is 76.5 cm³/mol. The number of nitrogens with zero attached hydrogens (tertiary/aromatic N) is 1. The number of amides is 1. The van der Waals surface area contributed by atoms with E-state index in [0.717, 1.165) is 18.7 Å². The number of benzene rings is 1. The zero-order valence-electron chi connectivity index (χ0n) is 11.5. The van der Waals surface area contributed by atoms with E-state index in [-0.39, 0.29) is 11.9 Å². The standard InChI is InChI=1S/C14H21N3O2/c1-3-12-14(18)16-7-8-17(12)10-5-6-11(15)13(9-10)19-4-2/h5-6,9,12H,3-4,7-8,15H2,1-2H3,(H,16,18). The van der Waals surface area contributed by atoms with Crippen LogP contribution in [-0.4, -0.2) is 31.6 Å². The lowest BCUT2D eigenvalue weighted by Crippen LogP contribution is -2.55. The fourth-order valence-electron chi connectivity index (χ4n) is 2.41. The normalized spacial score (nSPS) is 19.2. The minimum absolute atomic E-state index is 0.0866. The van der Waals surface area contributed by atoms with E-state index in [4.69, 9.17) is 10.5 Å². The maximum Gasteiger partial charge on any atom is 0.242 e. The van der Waals surface area contributed by atoms with E-state index in [1.807, 2.05) is 32.0 Å². The number of carbonyl (C=O) groups excluding carboxylic acids is 1. The van der Waals surface area contributed by atoms with Gasteiger partial charge in [0.05, 0.1) is 12.3 Å². The summed E-state index contributed by atoms with van der Waals surface area (Å²) in [5.41, 5.74) is 7.49. The van der Waals surface area contributed by atoms with Gasteiger partial charge in [-0.05, 0) is 25.5 Å². The van der Waals surface area contributed by atoms with Gasteiger partial charge in [-0.3, -0.25) is 4.79 Å². The van der Waals surface area contributed by atoms with Crippen molar-refractivity contribution in [2.24, 2.45) is 0 Å². The Hall–Kier alpha value is -1.91. The number of anilines is 2. The number of piperazine rings is 1. The Bertz CT molecular complexity index is 462. The molecule has 1 unspecified atom stereocenters. The lowest BCUT2D eigenvalue weighted by Gasteiger charge is -2.36. The van der Waals surface area contributed by atoms with E-state index in [0.29, 0.717) is 24.6 Å². The summed E-state index contributed by atoms with van der Waals surface area (Å²) in [4.78, 5) is 14.0. The van der Waals surface area contributed by atoms with E-state index in [1.165, 1.54) is 0 Å². The maximum absolute atomic E-state index is 11.9. The molecular weight excluding hydrogens is 242 g/mol. The lowest BCUT2D eigenvalue weighted by atomic mass is 10.1. The molecule has 5 nitrogen and oxygen atoms in total. The summed E-state index contributed by atoms with van der Waals surface area (Å²) in [6, 6.07) is 5.57. The summed E-state index contributed by atoms with van der Waals surface area (Å²) in [7, 11) is 0. The third kappa shape index (κ3) is 2.75. The van der Waals surface area contributed by atoms with Crippen molar-refractivity contribution in [1.29, 1.82) is 0 Å². The summed E-state index contributed by atoms with van der Waals surface area (Å²) >= 11 is 0. The average molecular weight is 263 g/mol. The van der Waals surface area contributed by atoms with Crippen LogP contribution in [0.5, 0.6) is 5.75 Å². The third-order valence-corrected chi connectivity index (χ3v) is 3.35. The van der Waals surface area contributed by atoms with Crippen molar-refractivity contribution < 1.29 is 9.53 Å². The molecule has 1 aliphatic heterocycles. The van der Waals surface area contributed by atoms with E-state index in [9.17, 15) is 4.79 Å². The minimum Gasteiger partial charge on any atom is -0.492 e. The highest BCUT2D eigenvalue weighted by atomic mass is 16.5. The van der Waals surface area contributed by atoms with Gasteiger partial charge in [0, 0.05) is 24.8 Å². The molecule has 19 heavy (non-hydrogen) atoms. The first-order chi connectivity index (χ1) is 9.17. The van der Waals surface area contributed by atoms with Gasteiger partial charge < -0.3 is 20.7 Å². The second-order valence-corrected chi connectivity index (χ2v) is 4.56. The molecular formula is C14H21N3O2. The molecule has 2 rings (SSSR count). The van der Waals surface area contributed by atoms with Crippen LogP contribution in [0.1, 0.15) is 20.3 Å². The average Bonchev–Trinajstić information content (AvgIpc) is 2.41. The first-order valence-electron chi connectivity index (χ1n) is 6.74. The summed E-state index contributed by atoms with van der Waals surface area (Å²) < 4.78 is 5.51. The number of nitrogens with one attached hydrogen (secondary N) is 1. The first-order valence-corrected chi connectivity index (χ1v) is 6.74. The van der Waals surface area contributed by atoms with Gasteiger partial charge >= 0.3 is 0 Å². The number of hydrogen-bond acceptors (Lipinski definition) is 4. The van der Waals surface area contributed by atoms with Crippen LogP contribution in [-0.2, 0) is 4.79 Å². The Morgan fingerprint density at radius 3 is 2.95 bits per heavy atom. The number of hydrogen-bond donors (Lipinski definition) is 2. The molecule has 0 aromatic heterocycles. The molecule has 1 amide bonds. The maximum atomic E-state index is 11.9. The van der Waals surface area contributed by atoms with Crippen LogP contribution < -0.4 is 20.7 Å². The molecule has 1 aromatic carbocycles. The predicted octanol–water partition coefficient (Wildman–Crippen LogP) is 1.38. The van der Waals surface area contributed by atoms with Crippen molar-refractivity contribution in [3.05, 3.63) is 18.2 Å². The Balaban J connectivity index is 2.29. The molecule has 1 fully saturated rings. The quantitative estimate of drug-likeness (QED) is 0.805. The van der Waals surface area contributed by atoms with Crippen LogP contribution >= 0.6 is 0 Å². The summed E-state index contributed by atoms with van der Waals surface area (Å²) in [6.45, 7) is 5.99. The molecule has 0 spiro atoms. The molecule has 0 radical (unpaired) electrons. The van der Waals surface area contributed by atoms with Crippen LogP contribution in [0.25, 0.3) is 0 Å². The second-order valence-electron chi connectivity index (χ2n) is 4.56. The van der Waals surface area contributed by atoms with Gasteiger partial charge in [0.2, 0.25) is 5.91 Å². The van der Waals surface area contributed by atoms with Crippen molar-refractivity contribution in [2.45, 2.75) is 26.3 Å². The Kier molecular flexibility index (Phi) is 4.14. The molecule has 1 atom stereocenters. The van der Waals surface area contributed by atoms with Crippen molar-refractivity contribution in [3.8, 4) is 5.75 Å². The van der Waals surface area contributed by atoms with E-state index in [2.05, 4.69) is 10.2 Å². The first kappa shape index (κ1) is 13.5. The summed E-state index contributed by atoms with van der Waals surface area (Å²) in [6.07, 6.45) is 0.778. The largest absolute Gasteiger partial charge is 0.492 e. The van der Waals surface area contributed by atoms with Gasteiger partial charge in [-0.25, -0.2) is 0 Å². The molecule has 1 heterocycles. The number of ether oxygens (including phenoxy) is 1. The molecule has 0 bridgehead atoms. The van der Waals surface area contributed by atoms with Gasteiger partial charge in [0.1, 0.15) is 11.8 Å². The van der Waals surface area contributed by atoms with Gasteiger partial charge in [0.15, 0.2) is 0 Å². The van der Waals surface area contributed by atoms with E-state index >= 15 is 0 Å². The lowest BCUT2D eigenvalue weighted by molar-refractivity contribution is -0.123. The highest BCUT2D eigenvalue weighted by molar-refractivity contribution is 5.86. The Morgan fingerprint density at radius 1 is 1.47 bits per heavy atom. The minimum atomic E-state index is -0.119. The zero-order chi connectivity index (χ0) is 13.8. The summed E-state index contributed by atoms with van der Waals surface area (Å²) in [5.74, 6) is 0.768.